The topological polar surface area (TPSA) is 56.5 Å². The van der Waals surface area contributed by atoms with E-state index in [1.54, 1.807) is 14.2 Å². The molecule has 0 radical (unpaired) electrons. The maximum Gasteiger partial charge on any atom is 0.128 e. The highest BCUT2D eigenvalue weighted by Crippen LogP contribution is 2.36. The van der Waals surface area contributed by atoms with Gasteiger partial charge in [0.2, 0.25) is 0 Å². The largest absolute Gasteiger partial charge is 0.496 e. The van der Waals surface area contributed by atoms with Crippen LogP contribution in [0.4, 0.5) is 0 Å². The van der Waals surface area contributed by atoms with E-state index in [0.717, 1.165) is 17.0 Å². The van der Waals surface area contributed by atoms with Gasteiger partial charge in [-0.25, -0.2) is 0 Å². The second-order valence-electron chi connectivity index (χ2n) is 5.07. The van der Waals surface area contributed by atoms with Crippen molar-refractivity contribution in [2.24, 2.45) is 7.05 Å². The number of nitrogens with zero attached hydrogens (tertiary/aromatic N) is 2. The second-order valence-corrected chi connectivity index (χ2v) is 5.07. The van der Waals surface area contributed by atoms with Crippen molar-refractivity contribution < 1.29 is 14.6 Å². The molecule has 0 bridgehead atoms. The SMILES string of the molecule is COc1cccc(OC)c1C(O)Cc1c(C)nn(C)c1C. The second kappa shape index (κ2) is 6.18. The van der Waals surface area contributed by atoms with Gasteiger partial charge in [0, 0.05) is 19.2 Å². The van der Waals surface area contributed by atoms with Gasteiger partial charge in [0.05, 0.1) is 31.6 Å². The van der Waals surface area contributed by atoms with Crippen LogP contribution < -0.4 is 9.47 Å². The normalized spacial score (nSPS) is 12.3. The number of methoxy groups -OCH3 is 2. The summed E-state index contributed by atoms with van der Waals surface area (Å²) in [6.45, 7) is 3.95. The van der Waals surface area contributed by atoms with Gasteiger partial charge in [-0.3, -0.25) is 4.68 Å². The van der Waals surface area contributed by atoms with Gasteiger partial charge in [-0.05, 0) is 31.5 Å². The molecule has 2 rings (SSSR count). The lowest BCUT2D eigenvalue weighted by Crippen LogP contribution is -2.07. The Balaban J connectivity index is 2.38. The standard InChI is InChI=1S/C16H22N2O3/c1-10-12(11(2)18(3)17-10)9-13(19)16-14(20-4)7-6-8-15(16)21-5/h6-8,13,19H,9H2,1-5H3. The maximum absolute atomic E-state index is 10.7. The predicted molar refractivity (Wildman–Crippen MR) is 80.9 cm³/mol. The summed E-state index contributed by atoms with van der Waals surface area (Å²) >= 11 is 0. The summed E-state index contributed by atoms with van der Waals surface area (Å²) in [5.74, 6) is 1.25. The highest BCUT2D eigenvalue weighted by molar-refractivity contribution is 5.47. The van der Waals surface area contributed by atoms with E-state index in [-0.39, 0.29) is 0 Å². The number of aryl methyl sites for hydroxylation is 2. The van der Waals surface area contributed by atoms with Crippen LogP contribution in [-0.2, 0) is 13.5 Å². The molecule has 1 aromatic carbocycles. The average molecular weight is 290 g/mol. The third kappa shape index (κ3) is 2.88. The van der Waals surface area contributed by atoms with Gasteiger partial charge in [0.1, 0.15) is 11.5 Å². The van der Waals surface area contributed by atoms with Gasteiger partial charge >= 0.3 is 0 Å². The molecule has 1 aromatic heterocycles. The molecular weight excluding hydrogens is 268 g/mol. The molecule has 0 aliphatic rings. The lowest BCUT2D eigenvalue weighted by Gasteiger charge is -2.18. The quantitative estimate of drug-likeness (QED) is 0.918. The van der Waals surface area contributed by atoms with Crippen LogP contribution in [0, 0.1) is 13.8 Å². The van der Waals surface area contributed by atoms with E-state index in [2.05, 4.69) is 5.10 Å². The van der Waals surface area contributed by atoms with E-state index in [1.165, 1.54) is 0 Å². The molecule has 1 unspecified atom stereocenters. The summed E-state index contributed by atoms with van der Waals surface area (Å²) in [5.41, 5.74) is 3.71. The van der Waals surface area contributed by atoms with Crippen LogP contribution in [0.1, 0.15) is 28.6 Å². The highest BCUT2D eigenvalue weighted by Gasteiger charge is 2.22. The number of benzene rings is 1. The van der Waals surface area contributed by atoms with Crippen molar-refractivity contribution in [2.75, 3.05) is 14.2 Å². The molecule has 5 nitrogen and oxygen atoms in total. The fourth-order valence-corrected chi connectivity index (χ4v) is 2.62. The van der Waals surface area contributed by atoms with Crippen molar-refractivity contribution in [2.45, 2.75) is 26.4 Å². The fraction of sp³-hybridized carbons (Fsp3) is 0.438. The van der Waals surface area contributed by atoms with Crippen LogP contribution in [0.2, 0.25) is 0 Å². The van der Waals surface area contributed by atoms with E-state index < -0.39 is 6.10 Å². The Kier molecular flexibility index (Phi) is 4.53. The van der Waals surface area contributed by atoms with Crippen molar-refractivity contribution in [1.82, 2.24) is 9.78 Å². The number of aromatic nitrogens is 2. The van der Waals surface area contributed by atoms with Crippen molar-refractivity contribution in [1.29, 1.82) is 0 Å². The molecule has 1 heterocycles. The van der Waals surface area contributed by atoms with Gasteiger partial charge < -0.3 is 14.6 Å². The lowest BCUT2D eigenvalue weighted by atomic mass is 9.98. The molecule has 0 aliphatic carbocycles. The highest BCUT2D eigenvalue weighted by atomic mass is 16.5. The molecule has 0 fully saturated rings. The molecule has 21 heavy (non-hydrogen) atoms. The molecular formula is C16H22N2O3. The zero-order valence-corrected chi connectivity index (χ0v) is 13.2. The summed E-state index contributed by atoms with van der Waals surface area (Å²) in [6.07, 6.45) is -0.236. The monoisotopic (exact) mass is 290 g/mol. The molecule has 114 valence electrons. The summed E-state index contributed by atoms with van der Waals surface area (Å²) in [4.78, 5) is 0. The summed E-state index contributed by atoms with van der Waals surface area (Å²) in [5, 5.41) is 15.0. The number of ether oxygens (including phenoxy) is 2. The van der Waals surface area contributed by atoms with Crippen molar-refractivity contribution in [3.05, 3.63) is 40.7 Å². The number of hydrogen-bond acceptors (Lipinski definition) is 4. The van der Waals surface area contributed by atoms with Gasteiger partial charge in [0.25, 0.3) is 0 Å². The third-order valence-electron chi connectivity index (χ3n) is 3.86. The first kappa shape index (κ1) is 15.4. The van der Waals surface area contributed by atoms with E-state index >= 15 is 0 Å². The van der Waals surface area contributed by atoms with Crippen molar-refractivity contribution >= 4 is 0 Å². The molecule has 5 heteroatoms. The number of hydrogen-bond donors (Lipinski definition) is 1. The first-order valence-corrected chi connectivity index (χ1v) is 6.87. The Morgan fingerprint density at radius 2 is 1.76 bits per heavy atom. The van der Waals surface area contributed by atoms with Crippen LogP contribution in [0.3, 0.4) is 0 Å². The number of aliphatic hydroxyl groups is 1. The van der Waals surface area contributed by atoms with Gasteiger partial charge in [-0.1, -0.05) is 6.07 Å². The van der Waals surface area contributed by atoms with Crippen LogP contribution in [0.25, 0.3) is 0 Å². The third-order valence-corrected chi connectivity index (χ3v) is 3.86. The number of aliphatic hydroxyl groups excluding tert-OH is 1. The number of rotatable bonds is 5. The van der Waals surface area contributed by atoms with E-state index in [1.807, 2.05) is 43.8 Å². The van der Waals surface area contributed by atoms with E-state index in [4.69, 9.17) is 9.47 Å². The van der Waals surface area contributed by atoms with Crippen LogP contribution in [-0.4, -0.2) is 29.1 Å². The van der Waals surface area contributed by atoms with Crippen LogP contribution in [0.15, 0.2) is 18.2 Å². The minimum Gasteiger partial charge on any atom is -0.496 e. The Morgan fingerprint density at radius 1 is 1.19 bits per heavy atom. The zero-order chi connectivity index (χ0) is 15.6. The minimum absolute atomic E-state index is 0.474. The minimum atomic E-state index is -0.710. The summed E-state index contributed by atoms with van der Waals surface area (Å²) < 4.78 is 12.5. The van der Waals surface area contributed by atoms with Crippen LogP contribution in [0.5, 0.6) is 11.5 Å². The Morgan fingerprint density at radius 3 is 2.19 bits per heavy atom. The van der Waals surface area contributed by atoms with Crippen molar-refractivity contribution in [3.8, 4) is 11.5 Å². The fourth-order valence-electron chi connectivity index (χ4n) is 2.62. The van der Waals surface area contributed by atoms with Gasteiger partial charge in [-0.2, -0.15) is 5.10 Å². The van der Waals surface area contributed by atoms with Gasteiger partial charge in [0.15, 0.2) is 0 Å². The van der Waals surface area contributed by atoms with Crippen LogP contribution >= 0.6 is 0 Å². The smallest absolute Gasteiger partial charge is 0.128 e. The molecule has 0 aliphatic heterocycles. The first-order chi connectivity index (χ1) is 9.99. The van der Waals surface area contributed by atoms with Gasteiger partial charge in [-0.15, -0.1) is 0 Å². The molecule has 0 saturated heterocycles. The average Bonchev–Trinajstić information content (AvgIpc) is 2.72. The Labute approximate surface area is 125 Å². The summed E-state index contributed by atoms with van der Waals surface area (Å²) in [6, 6.07) is 5.49. The van der Waals surface area contributed by atoms with E-state index in [0.29, 0.717) is 23.5 Å². The van der Waals surface area contributed by atoms with E-state index in [9.17, 15) is 5.11 Å². The first-order valence-electron chi connectivity index (χ1n) is 6.87. The molecule has 2 aromatic rings. The lowest BCUT2D eigenvalue weighted by molar-refractivity contribution is 0.169. The molecule has 0 amide bonds. The predicted octanol–water partition coefficient (Wildman–Crippen LogP) is 2.33. The zero-order valence-electron chi connectivity index (χ0n) is 13.2. The maximum atomic E-state index is 10.7. The Hall–Kier alpha value is -2.01. The molecule has 0 saturated carbocycles. The molecule has 1 N–H and O–H groups in total. The molecule has 1 atom stereocenters. The summed E-state index contributed by atoms with van der Waals surface area (Å²) in [7, 11) is 5.08. The Bertz CT molecular complexity index is 612. The van der Waals surface area contributed by atoms with Crippen molar-refractivity contribution in [3.63, 3.8) is 0 Å². The molecule has 0 spiro atoms.